The molecular formula is C83H66N23OS+5. The summed E-state index contributed by atoms with van der Waals surface area (Å²) < 4.78 is 59.9. The van der Waals surface area contributed by atoms with Crippen LogP contribution in [0.2, 0.25) is 0 Å². The van der Waals surface area contributed by atoms with E-state index in [1.807, 2.05) is 130 Å². The quantitative estimate of drug-likeness (QED) is 0.142. The molecule has 0 radical (unpaired) electrons. The van der Waals surface area contributed by atoms with Crippen LogP contribution in [-0.2, 0) is 82.0 Å². The van der Waals surface area contributed by atoms with Crippen molar-refractivity contribution < 1.29 is 31.4 Å². The number of aromatic nitrogens is 23. The number of aryl methyl sites for hydroxylation is 7. The van der Waals surface area contributed by atoms with E-state index in [1.165, 1.54) is 126 Å². The lowest BCUT2D eigenvalue weighted by molar-refractivity contribution is -0.652. The second kappa shape index (κ2) is 23.1. The minimum absolute atomic E-state index is 0.627. The smallest absolute Gasteiger partial charge is 0.339 e. The van der Waals surface area contributed by atoms with Crippen molar-refractivity contribution in [1.29, 1.82) is 0 Å². The van der Waals surface area contributed by atoms with E-state index in [0.717, 1.165) is 93.3 Å². The molecule has 0 atom stereocenters. The number of rotatable bonds is 1. The fourth-order valence-electron chi connectivity index (χ4n) is 17.9. The van der Waals surface area contributed by atoms with E-state index in [1.54, 1.807) is 31.0 Å². The number of pyridine rings is 10. The van der Waals surface area contributed by atoms with Crippen LogP contribution >= 0.6 is 11.3 Å². The highest BCUT2D eigenvalue weighted by molar-refractivity contribution is 7.25. The zero-order valence-electron chi connectivity index (χ0n) is 62.3. The molecule has 24 nitrogen and oxygen atoms in total. The molecule has 520 valence electrons. The third kappa shape index (κ3) is 8.51. The van der Waals surface area contributed by atoms with Crippen LogP contribution in [0.3, 0.4) is 0 Å². The van der Waals surface area contributed by atoms with E-state index in [9.17, 15) is 0 Å². The predicted molar refractivity (Wildman–Crippen MR) is 411 cm³/mol. The molecule has 0 spiro atoms. The molecule has 25 heteroatoms. The van der Waals surface area contributed by atoms with Crippen LogP contribution in [0.25, 0.3) is 171 Å². The van der Waals surface area contributed by atoms with Crippen LogP contribution in [0, 0.1) is 0 Å². The van der Waals surface area contributed by atoms with Gasteiger partial charge >= 0.3 is 5.71 Å². The highest BCUT2D eigenvalue weighted by Crippen LogP contribution is 2.42. The SMILES string of the molecule is Cn1c2[n+](c3c1c1ccncc1n3-c1ccccc1)Cc1ccncc1-2.Cn1c2[n+](c3c1c1ccncc1n3C)Cc1ccncc1-2.Cn1c2[n+](c3oc4cnccc4c31)Cc1ccncc1-2.Cn1c2[n+](c3sc4cnccc4c31)Cc1ccncc1-2.[2H]C([2H])([2H])n1c2cnccc2c2c1[n+]1c(n2C)-c2cnccc2C1. The zero-order chi connectivity index (χ0) is 74.6. The highest BCUT2D eigenvalue weighted by Gasteiger charge is 2.41. The zero-order valence-corrected chi connectivity index (χ0v) is 60.2. The molecular weight excluding hydrogens is 1370 g/mol. The summed E-state index contributed by atoms with van der Waals surface area (Å²) in [5.41, 5.74) is 27.1. The highest BCUT2D eigenvalue weighted by atomic mass is 32.1. The molecule has 21 aromatic rings. The van der Waals surface area contributed by atoms with E-state index in [0.29, 0.717) is 17.7 Å². The molecule has 5 aliphatic rings. The Bertz CT molecular complexity index is 7380. The molecule has 0 unspecified atom stereocenters. The van der Waals surface area contributed by atoms with Crippen molar-refractivity contribution in [2.45, 2.75) is 32.7 Å². The van der Waals surface area contributed by atoms with Crippen molar-refractivity contribution in [3.63, 3.8) is 0 Å². The Morgan fingerprint density at radius 2 is 0.704 bits per heavy atom. The second-order valence-corrected chi connectivity index (χ2v) is 29.1. The summed E-state index contributed by atoms with van der Waals surface area (Å²) in [4.78, 5) is 43.9. The lowest BCUT2D eigenvalue weighted by atomic mass is 10.2. The molecule has 20 aromatic heterocycles. The first-order valence-corrected chi connectivity index (χ1v) is 36.4. The van der Waals surface area contributed by atoms with E-state index >= 15 is 0 Å². The summed E-state index contributed by atoms with van der Waals surface area (Å²) in [5, 5.41) is 5.75. The van der Waals surface area contributed by atoms with E-state index < -0.39 is 6.98 Å². The van der Waals surface area contributed by atoms with Gasteiger partial charge in [-0.25, -0.2) is 32.0 Å². The van der Waals surface area contributed by atoms with Crippen LogP contribution in [0.5, 0.6) is 0 Å². The predicted octanol–water partition coefficient (Wildman–Crippen LogP) is 11.3. The van der Waals surface area contributed by atoms with Gasteiger partial charge in [0.2, 0.25) is 27.8 Å². The summed E-state index contributed by atoms with van der Waals surface area (Å²) in [6.45, 7) is 1.90. The third-order valence-electron chi connectivity index (χ3n) is 22.5. The first kappa shape index (κ1) is 58.6. The molecule has 0 aliphatic carbocycles. The fourth-order valence-corrected chi connectivity index (χ4v) is 19.1. The number of benzene rings is 1. The number of nitrogens with zero attached hydrogens (tertiary/aromatic N) is 23. The molecule has 26 rings (SSSR count). The number of fused-ring (bicyclic) bond motifs is 35. The summed E-state index contributed by atoms with van der Waals surface area (Å²) in [6.07, 6.45) is 37.3. The Morgan fingerprint density at radius 3 is 1.23 bits per heavy atom. The minimum atomic E-state index is -2.28. The standard InChI is InChI=1S/C21H16N5.2C16H14N5.C15H11N4O.C15H11N4S/c1-24-19-16-8-10-23-12-18(16)26(15-5-3-2-4-6-15)21(19)25-13-14-7-9-22-11-17(14)20(24)25;2*1-19-13-8-18-6-4-11(13)14-16(19)21-9-10-3-5-17-7-12(10)15(21)20(14)2;2*1-18-13-10-3-5-17-7-12(10)20-15(13)19-8-9-2-4-16-6-11(9)14(18)19/h2-12H,13H2,1H3;2*3-8H,9H2,1-2H3;2*2-7H,8H2,1H3/q5*+1/i;1D3;;;. The van der Waals surface area contributed by atoms with Gasteiger partial charge in [0.1, 0.15) is 35.3 Å². The molecule has 0 fully saturated rings. The molecule has 0 saturated carbocycles. The Labute approximate surface area is 622 Å². The van der Waals surface area contributed by atoms with Gasteiger partial charge in [-0.2, -0.15) is 4.57 Å². The summed E-state index contributed by atoms with van der Waals surface area (Å²) in [5.74, 6) is 5.84. The average Bonchev–Trinajstić information content (AvgIpc) is 1.60. The molecule has 0 saturated heterocycles. The Balaban J connectivity index is 0.0000000856. The van der Waals surface area contributed by atoms with Crippen molar-refractivity contribution in [2.24, 2.45) is 49.3 Å². The lowest BCUT2D eigenvalue weighted by Crippen LogP contribution is -2.33. The Hall–Kier alpha value is -13.8. The van der Waals surface area contributed by atoms with Crippen LogP contribution < -0.4 is 22.8 Å². The number of hydrogen-bond donors (Lipinski definition) is 0. The van der Waals surface area contributed by atoms with Crippen molar-refractivity contribution in [2.75, 3.05) is 0 Å². The summed E-state index contributed by atoms with van der Waals surface area (Å²) in [7, 11) is 12.6. The first-order valence-electron chi connectivity index (χ1n) is 37.0. The van der Waals surface area contributed by atoms with Crippen LogP contribution in [-0.4, -0.2) is 86.4 Å². The number of imidazole rings is 5. The third-order valence-corrected chi connectivity index (χ3v) is 23.7. The number of thiophene rings is 1. The van der Waals surface area contributed by atoms with Gasteiger partial charge in [0.25, 0.3) is 28.6 Å². The van der Waals surface area contributed by atoms with E-state index in [-0.39, 0.29) is 0 Å². The molecule has 1 aromatic carbocycles. The van der Waals surface area contributed by atoms with Crippen molar-refractivity contribution in [1.82, 2.24) is 86.4 Å². The van der Waals surface area contributed by atoms with Crippen molar-refractivity contribution in [3.8, 4) is 62.6 Å². The lowest BCUT2D eigenvalue weighted by Gasteiger charge is -2.02. The van der Waals surface area contributed by atoms with Gasteiger partial charge in [-0.15, -0.1) is 0 Å². The molecule has 0 bridgehead atoms. The van der Waals surface area contributed by atoms with Gasteiger partial charge in [-0.1, -0.05) is 29.5 Å². The van der Waals surface area contributed by atoms with Gasteiger partial charge in [0.15, 0.2) is 27.6 Å². The van der Waals surface area contributed by atoms with Gasteiger partial charge < -0.3 is 4.42 Å². The first-order chi connectivity index (χ1) is 54.3. The van der Waals surface area contributed by atoms with Crippen LogP contribution in [0.4, 0.5) is 0 Å². The van der Waals surface area contributed by atoms with Crippen LogP contribution in [0.1, 0.15) is 31.9 Å². The van der Waals surface area contributed by atoms with Gasteiger partial charge in [-0.3, -0.25) is 72.7 Å². The minimum Gasteiger partial charge on any atom is -0.417 e. The monoisotopic (exact) mass is 1440 g/mol. The van der Waals surface area contributed by atoms with E-state index in [4.69, 9.17) is 8.53 Å². The molecule has 0 N–H and O–H groups in total. The van der Waals surface area contributed by atoms with Crippen molar-refractivity contribution >= 4 is 120 Å². The molecule has 25 heterocycles. The van der Waals surface area contributed by atoms with Crippen molar-refractivity contribution in [3.05, 3.63) is 243 Å². The van der Waals surface area contributed by atoms with Gasteiger partial charge in [-0.05, 0) is 72.8 Å². The van der Waals surface area contributed by atoms with E-state index in [2.05, 4.69) is 213 Å². The molecule has 108 heavy (non-hydrogen) atoms. The largest absolute Gasteiger partial charge is 0.417 e. The maximum atomic E-state index is 8.02. The molecule has 5 aliphatic heterocycles. The number of hydrogen-bond acceptors (Lipinski definition) is 12. The maximum Gasteiger partial charge on any atom is 0.339 e. The Morgan fingerprint density at radius 1 is 0.333 bits per heavy atom. The van der Waals surface area contributed by atoms with Gasteiger partial charge in [0.05, 0.1) is 152 Å². The van der Waals surface area contributed by atoms with Gasteiger partial charge in [0, 0.05) is 132 Å². The average molecular weight is 1440 g/mol. The normalized spacial score (nSPS) is 13.5. The summed E-state index contributed by atoms with van der Waals surface area (Å²) in [6, 6.07) is 31.1. The Kier molecular flexibility index (Phi) is 12.5. The second-order valence-electron chi connectivity index (χ2n) is 28.0. The number of para-hydroxylation sites is 1. The van der Waals surface area contributed by atoms with Crippen LogP contribution in [0.15, 0.2) is 219 Å². The topological polar surface area (TPSA) is 201 Å². The maximum absolute atomic E-state index is 8.02. The summed E-state index contributed by atoms with van der Waals surface area (Å²) >= 11 is 1.82. The number of furan rings is 1. The molecule has 0 amide bonds. The fraction of sp³-hybridized carbons (Fsp3) is 0.145.